The molecule has 0 radical (unpaired) electrons. The number of carbonyl (C=O) groups excluding carboxylic acids is 2. The highest BCUT2D eigenvalue weighted by Gasteiger charge is 2.33. The average Bonchev–Trinajstić information content (AvgIpc) is 2.77. The van der Waals surface area contributed by atoms with Gasteiger partial charge < -0.3 is 30.8 Å². The van der Waals surface area contributed by atoms with Gasteiger partial charge in [0, 0.05) is 12.0 Å². The molecular weight excluding hydrogens is 508 g/mol. The van der Waals surface area contributed by atoms with Gasteiger partial charge in [0.05, 0.1) is 6.61 Å². The fourth-order valence-electron chi connectivity index (χ4n) is 2.72. The van der Waals surface area contributed by atoms with Crippen LogP contribution in [0.2, 0.25) is 0 Å². The maximum Gasteiger partial charge on any atom is 0.403 e. The minimum atomic E-state index is -4.95. The minimum absolute atomic E-state index is 0.0381. The first kappa shape index (κ1) is 30.6. The van der Waals surface area contributed by atoms with Gasteiger partial charge in [0.25, 0.3) is 5.91 Å². The summed E-state index contributed by atoms with van der Waals surface area (Å²) in [5, 5.41) is 33.3. The summed E-state index contributed by atoms with van der Waals surface area (Å²) in [7, 11) is -4.95. The predicted octanol–water partition coefficient (Wildman–Crippen LogP) is 0.174. The summed E-state index contributed by atoms with van der Waals surface area (Å²) < 4.78 is 29.9. The Morgan fingerprint density at radius 1 is 0.972 bits per heavy atom. The number of carboxylic acids is 3. The first-order chi connectivity index (χ1) is 16.6. The lowest BCUT2D eigenvalue weighted by molar-refractivity contribution is -0.143. The van der Waals surface area contributed by atoms with Crippen molar-refractivity contribution < 1.29 is 57.7 Å². The van der Waals surface area contributed by atoms with Gasteiger partial charge in [0.15, 0.2) is 6.04 Å². The maximum atomic E-state index is 13.1. The topological polar surface area (TPSA) is 229 Å². The molecular formula is C20H27FN3O11P. The summed E-state index contributed by atoms with van der Waals surface area (Å²) in [5.74, 6) is -7.50. The second-order valence-corrected chi connectivity index (χ2v) is 9.43. The lowest BCUT2D eigenvalue weighted by Crippen LogP contribution is -2.54. The number of hydrogen-bond donors (Lipinski definition) is 7. The van der Waals surface area contributed by atoms with Crippen molar-refractivity contribution in [2.45, 2.75) is 44.8 Å². The molecule has 1 aromatic rings. The van der Waals surface area contributed by atoms with Crippen LogP contribution in [0.25, 0.3) is 0 Å². The molecule has 7 N–H and O–H groups in total. The second-order valence-electron chi connectivity index (χ2n) is 7.87. The molecule has 0 aliphatic carbocycles. The average molecular weight is 535 g/mol. The number of benzene rings is 1. The molecule has 0 fully saturated rings. The quantitative estimate of drug-likeness (QED) is 0.149. The van der Waals surface area contributed by atoms with Crippen molar-refractivity contribution in [2.75, 3.05) is 6.61 Å². The number of nitrogens with one attached hydrogen (secondary N) is 3. The zero-order chi connectivity index (χ0) is 27.6. The predicted molar refractivity (Wildman–Crippen MR) is 119 cm³/mol. The lowest BCUT2D eigenvalue weighted by atomic mass is 10.0. The van der Waals surface area contributed by atoms with Crippen molar-refractivity contribution in [2.24, 2.45) is 5.92 Å². The van der Waals surface area contributed by atoms with E-state index < -0.39 is 86.8 Å². The Kier molecular flexibility index (Phi) is 11.6. The molecule has 0 saturated heterocycles. The van der Waals surface area contributed by atoms with Gasteiger partial charge in [-0.15, -0.1) is 0 Å². The van der Waals surface area contributed by atoms with Crippen molar-refractivity contribution in [3.63, 3.8) is 0 Å². The minimum Gasteiger partial charge on any atom is -0.481 e. The summed E-state index contributed by atoms with van der Waals surface area (Å²) in [6.07, 6.45) is -1.21. The normalized spacial score (nSPS) is 15.2. The molecule has 0 saturated carbocycles. The third-order valence-corrected chi connectivity index (χ3v) is 5.77. The van der Waals surface area contributed by atoms with Gasteiger partial charge in [-0.1, -0.05) is 13.8 Å². The van der Waals surface area contributed by atoms with Crippen LogP contribution in [0.15, 0.2) is 24.3 Å². The zero-order valence-electron chi connectivity index (χ0n) is 19.2. The van der Waals surface area contributed by atoms with E-state index in [0.29, 0.717) is 0 Å². The number of rotatable bonds is 15. The van der Waals surface area contributed by atoms with Crippen LogP contribution in [-0.2, 0) is 28.3 Å². The summed E-state index contributed by atoms with van der Waals surface area (Å²) >= 11 is 0. The molecule has 0 spiro atoms. The fourth-order valence-corrected chi connectivity index (χ4v) is 3.78. The van der Waals surface area contributed by atoms with Gasteiger partial charge in [-0.2, -0.15) is 0 Å². The maximum absolute atomic E-state index is 13.1. The molecule has 1 unspecified atom stereocenters. The van der Waals surface area contributed by atoms with Gasteiger partial charge in [-0.05, 0) is 36.6 Å². The Bertz CT molecular complexity index is 1020. The SMILES string of the molecule is CC(C)[C@@H](NC(=O)c1ccc(F)cc1)C(=O)N[C@@H](COP(=O)(O)N[C@@H](CCC(=O)O)C(=O)O)C(=O)O. The zero-order valence-corrected chi connectivity index (χ0v) is 20.1. The van der Waals surface area contributed by atoms with E-state index in [9.17, 15) is 42.9 Å². The van der Waals surface area contributed by atoms with E-state index in [-0.39, 0.29) is 5.56 Å². The van der Waals surface area contributed by atoms with E-state index in [2.05, 4.69) is 15.2 Å². The highest BCUT2D eigenvalue weighted by molar-refractivity contribution is 7.50. The molecule has 16 heteroatoms. The molecule has 4 atom stereocenters. The number of amides is 2. The van der Waals surface area contributed by atoms with Crippen molar-refractivity contribution in [3.8, 4) is 0 Å². The Morgan fingerprint density at radius 2 is 1.53 bits per heavy atom. The van der Waals surface area contributed by atoms with Crippen molar-refractivity contribution in [3.05, 3.63) is 35.6 Å². The smallest absolute Gasteiger partial charge is 0.403 e. The van der Waals surface area contributed by atoms with E-state index in [1.807, 2.05) is 0 Å². The third-order valence-electron chi connectivity index (χ3n) is 4.64. The van der Waals surface area contributed by atoms with Crippen LogP contribution in [0.4, 0.5) is 4.39 Å². The molecule has 0 aliphatic rings. The number of carbonyl (C=O) groups is 5. The molecule has 1 aromatic carbocycles. The van der Waals surface area contributed by atoms with Gasteiger partial charge in [0.2, 0.25) is 5.91 Å². The van der Waals surface area contributed by atoms with Gasteiger partial charge in [-0.3, -0.25) is 23.7 Å². The monoisotopic (exact) mass is 535 g/mol. The second kappa shape index (κ2) is 13.6. The molecule has 0 aromatic heterocycles. The van der Waals surface area contributed by atoms with E-state index in [4.69, 9.17) is 10.2 Å². The highest BCUT2D eigenvalue weighted by Crippen LogP contribution is 2.38. The molecule has 0 heterocycles. The summed E-state index contributed by atoms with van der Waals surface area (Å²) in [6, 6.07) is -0.492. The lowest BCUT2D eigenvalue weighted by Gasteiger charge is -2.25. The molecule has 0 bridgehead atoms. The van der Waals surface area contributed by atoms with Crippen molar-refractivity contribution >= 4 is 37.5 Å². The van der Waals surface area contributed by atoms with Crippen LogP contribution in [-0.4, -0.2) is 74.7 Å². The molecule has 14 nitrogen and oxygen atoms in total. The Morgan fingerprint density at radius 3 is 2.00 bits per heavy atom. The van der Waals surface area contributed by atoms with Crippen LogP contribution in [0.1, 0.15) is 37.0 Å². The standard InChI is InChI=1S/C20H27FN3O11P/c1-10(2)16(23-17(27)11-3-5-12(21)6-4-11)18(28)22-14(20(31)32)9-35-36(33,34)24-13(19(29)30)7-8-15(25)26/h3-6,10,13-14,16H,7-9H2,1-2H3,(H,22,28)(H,23,27)(H,25,26)(H,29,30)(H,31,32)(H2,24,33,34)/t13-,14-,16+/m0/s1. The van der Waals surface area contributed by atoms with Crippen LogP contribution in [0.3, 0.4) is 0 Å². The highest BCUT2D eigenvalue weighted by atomic mass is 31.2. The summed E-state index contributed by atoms with van der Waals surface area (Å²) in [5.41, 5.74) is 0.0381. The number of halogens is 1. The fraction of sp³-hybridized carbons (Fsp3) is 0.450. The van der Waals surface area contributed by atoms with Gasteiger partial charge >= 0.3 is 25.7 Å². The van der Waals surface area contributed by atoms with E-state index in [0.717, 1.165) is 12.1 Å². The number of aliphatic carboxylic acids is 3. The molecule has 36 heavy (non-hydrogen) atoms. The van der Waals surface area contributed by atoms with Crippen molar-refractivity contribution in [1.82, 2.24) is 15.7 Å². The van der Waals surface area contributed by atoms with Gasteiger partial charge in [0.1, 0.15) is 17.9 Å². The Balaban J connectivity index is 2.85. The summed E-state index contributed by atoms with van der Waals surface area (Å²) in [6.45, 7) is 2.02. The third kappa shape index (κ3) is 10.5. The van der Waals surface area contributed by atoms with Gasteiger partial charge in [-0.25, -0.2) is 18.8 Å². The molecule has 0 aliphatic heterocycles. The van der Waals surface area contributed by atoms with Crippen LogP contribution >= 0.6 is 7.75 Å². The van der Waals surface area contributed by atoms with E-state index in [1.54, 1.807) is 18.9 Å². The Labute approximate surface area is 204 Å². The first-order valence-corrected chi connectivity index (χ1v) is 12.0. The molecule has 1 rings (SSSR count). The molecule has 200 valence electrons. The number of carboxylic acid groups (broad SMARTS) is 3. The van der Waals surface area contributed by atoms with Crippen LogP contribution < -0.4 is 15.7 Å². The largest absolute Gasteiger partial charge is 0.481 e. The van der Waals surface area contributed by atoms with Crippen molar-refractivity contribution in [1.29, 1.82) is 0 Å². The van der Waals surface area contributed by atoms with E-state index >= 15 is 0 Å². The molecule has 2 amide bonds. The number of hydrogen-bond acceptors (Lipinski definition) is 7. The van der Waals surface area contributed by atoms with Crippen LogP contribution in [0.5, 0.6) is 0 Å². The van der Waals surface area contributed by atoms with E-state index in [1.165, 1.54) is 12.1 Å². The summed E-state index contributed by atoms with van der Waals surface area (Å²) in [4.78, 5) is 68.3. The Hall–Kier alpha value is -3.39. The first-order valence-electron chi connectivity index (χ1n) is 10.4. The van der Waals surface area contributed by atoms with Crippen LogP contribution in [0, 0.1) is 11.7 Å².